The summed E-state index contributed by atoms with van der Waals surface area (Å²) >= 11 is 0. The topological polar surface area (TPSA) is 181 Å². The first-order chi connectivity index (χ1) is 63.5. The van der Waals surface area contributed by atoms with Gasteiger partial charge in [-0.3, -0.25) is 24.0 Å². The maximum atomic E-state index is 11.7. The molecular weight excluding hydrogens is 1730 g/mol. The number of rotatable bonds is 22. The quantitative estimate of drug-likeness (QED) is 0.100. The minimum Gasteiger partial charge on any atom is -0.450 e. The highest BCUT2D eigenvalue weighted by atomic mass is 32.2. The fourth-order valence-electron chi connectivity index (χ4n) is 26.2. The van der Waals surface area contributed by atoms with Gasteiger partial charge in [0.05, 0.1) is 31.3 Å². The molecule has 10 aliphatic heterocycles. The van der Waals surface area contributed by atoms with Gasteiger partial charge in [0, 0.05) is 143 Å². The Morgan fingerprint density at radius 3 is 0.826 bits per heavy atom. The lowest BCUT2D eigenvalue weighted by atomic mass is 9.67. The second-order valence-corrected chi connectivity index (χ2v) is 54.1. The van der Waals surface area contributed by atoms with Crippen LogP contribution in [0.2, 0.25) is 0 Å². The number of piperidine rings is 2. The van der Waals surface area contributed by atoms with Crippen molar-refractivity contribution in [2.24, 2.45) is 207 Å². The Kier molecular flexibility index (Phi) is 58.9. The number of sulfone groups is 1. The molecule has 0 saturated carbocycles. The monoisotopic (exact) mass is 1970 g/mol. The number of allylic oxidation sites excluding steroid dienone is 1. The minimum absolute atomic E-state index is 0.142. The fraction of sp³-hybridized carbons (Fsp3) is 0.933. The van der Waals surface area contributed by atoms with Crippen LogP contribution in [0.5, 0.6) is 0 Å². The Morgan fingerprint density at radius 2 is 0.580 bits per heavy atom. The van der Waals surface area contributed by atoms with E-state index in [4.69, 9.17) is 9.47 Å². The van der Waals surface area contributed by atoms with Gasteiger partial charge in [-0.2, -0.15) is 0 Å². The Morgan fingerprint density at radius 1 is 0.319 bits per heavy atom. The van der Waals surface area contributed by atoms with E-state index in [1.807, 2.05) is 21.6 Å². The Bertz CT molecular complexity index is 3410. The third-order valence-corrected chi connectivity index (χ3v) is 36.6. The summed E-state index contributed by atoms with van der Waals surface area (Å²) in [4.78, 5) is 86.0. The Labute approximate surface area is 856 Å². The molecule has 6 amide bonds. The SMILES string of the molecule is C=C(C)N1CCC(C(C)C)C1C(C)C.CC(=O)N1CC(C(C)C)C(C(C)C)C1.CC(=O)N1CC(C(C)C)C1C(C)C.CC(=O)N1CCC(C(C)C)C1C(C)C.CC(=O)N1CCCC(C(C)C)C1C(C)C.CC(=O)N1CCCC(C(C)C)C1C(C)C.CC(C)C1CN(C)CC1C(C)C.CC(C)C1COCC1(C)C(C)C.CC(C)C1CS(=O)(=O)CC1C(C)C.CCOC(=O)N1CC(C(C)C)C(C(C)C)C1. The molecule has 19 heteroatoms. The zero-order valence-electron chi connectivity index (χ0n) is 99.8. The molecule has 10 fully saturated rings. The van der Waals surface area contributed by atoms with Crippen LogP contribution < -0.4 is 0 Å². The molecule has 814 valence electrons. The first-order valence-corrected chi connectivity index (χ1v) is 58.4. The van der Waals surface area contributed by atoms with Crippen molar-refractivity contribution < 1.29 is 46.7 Å². The summed E-state index contributed by atoms with van der Waals surface area (Å²) in [6, 6.07) is 2.57. The Hall–Kier alpha value is -3.97. The maximum Gasteiger partial charge on any atom is 0.409 e. The molecule has 0 bridgehead atoms. The number of nitrogens with zero attached hydrogens (tertiary/aromatic N) is 8. The molecule has 0 aliphatic carbocycles. The van der Waals surface area contributed by atoms with Crippen LogP contribution in [0.3, 0.4) is 0 Å². The summed E-state index contributed by atoms with van der Waals surface area (Å²) in [5.74, 6) is 25.0. The summed E-state index contributed by atoms with van der Waals surface area (Å²) in [5, 5.41) is 0. The lowest BCUT2D eigenvalue weighted by Crippen LogP contribution is -2.61. The lowest BCUT2D eigenvalue weighted by Gasteiger charge is -2.52. The van der Waals surface area contributed by atoms with Crippen molar-refractivity contribution in [1.82, 2.24) is 39.2 Å². The van der Waals surface area contributed by atoms with Crippen molar-refractivity contribution in [3.63, 3.8) is 0 Å². The summed E-state index contributed by atoms with van der Waals surface area (Å²) in [6.45, 7) is 123. The van der Waals surface area contributed by atoms with Crippen molar-refractivity contribution in [1.29, 1.82) is 0 Å². The van der Waals surface area contributed by atoms with Crippen LogP contribution in [0, 0.1) is 207 Å². The Balaban J connectivity index is 0.000000767. The molecule has 10 heterocycles. The van der Waals surface area contributed by atoms with Gasteiger partial charge in [-0.15, -0.1) is 0 Å². The van der Waals surface area contributed by atoms with Gasteiger partial charge in [0.1, 0.15) is 0 Å². The third kappa shape index (κ3) is 40.0. The summed E-state index contributed by atoms with van der Waals surface area (Å²) < 4.78 is 33.6. The van der Waals surface area contributed by atoms with E-state index in [2.05, 4.69) is 329 Å². The minimum atomic E-state index is -2.73. The predicted octanol–water partition coefficient (Wildman–Crippen LogP) is 26.8. The van der Waals surface area contributed by atoms with E-state index in [-0.39, 0.29) is 35.6 Å². The van der Waals surface area contributed by atoms with E-state index in [0.717, 1.165) is 125 Å². The summed E-state index contributed by atoms with van der Waals surface area (Å²) in [5.41, 5.74) is 1.65. The van der Waals surface area contributed by atoms with Gasteiger partial charge in [0.2, 0.25) is 29.5 Å². The summed E-state index contributed by atoms with van der Waals surface area (Å²) in [7, 11) is -0.487. The lowest BCUT2D eigenvalue weighted by molar-refractivity contribution is -0.146. The van der Waals surface area contributed by atoms with E-state index >= 15 is 0 Å². The van der Waals surface area contributed by atoms with Gasteiger partial charge < -0.3 is 48.7 Å². The zero-order valence-corrected chi connectivity index (χ0v) is 101. The average Bonchev–Trinajstić information content (AvgIpc) is 1.40. The average molecular weight is 1970 g/mol. The van der Waals surface area contributed by atoms with Gasteiger partial charge in [0.15, 0.2) is 9.84 Å². The van der Waals surface area contributed by atoms with E-state index in [1.165, 1.54) is 63.9 Å². The van der Waals surface area contributed by atoms with Crippen molar-refractivity contribution in [2.75, 3.05) is 110 Å². The first kappa shape index (κ1) is 132. The number of hydrogen-bond acceptors (Lipinski definition) is 12. The van der Waals surface area contributed by atoms with E-state index in [1.54, 1.807) is 34.6 Å². The van der Waals surface area contributed by atoms with Gasteiger partial charge in [-0.25, -0.2) is 13.2 Å². The number of ether oxygens (including phenoxy) is 2. The van der Waals surface area contributed by atoms with Crippen LogP contribution in [0.1, 0.15) is 371 Å². The van der Waals surface area contributed by atoms with Gasteiger partial charge >= 0.3 is 6.09 Å². The van der Waals surface area contributed by atoms with E-state index in [0.29, 0.717) is 196 Å². The molecule has 10 aliphatic rings. The van der Waals surface area contributed by atoms with Crippen LogP contribution in [-0.4, -0.2) is 224 Å². The predicted molar refractivity (Wildman–Crippen MR) is 589 cm³/mol. The number of likely N-dealkylation sites (tertiary alicyclic amines) is 8. The van der Waals surface area contributed by atoms with Crippen LogP contribution in [0.25, 0.3) is 0 Å². The number of carbonyl (C=O) groups is 6. The van der Waals surface area contributed by atoms with Crippen LogP contribution >= 0.6 is 0 Å². The largest absolute Gasteiger partial charge is 0.450 e. The molecule has 0 aromatic heterocycles. The van der Waals surface area contributed by atoms with Crippen molar-refractivity contribution in [2.45, 2.75) is 401 Å². The van der Waals surface area contributed by atoms with Gasteiger partial charge in [-0.1, -0.05) is 290 Å². The smallest absolute Gasteiger partial charge is 0.409 e. The normalized spacial score (nSPS) is 29.2. The van der Waals surface area contributed by atoms with Crippen LogP contribution in [-0.2, 0) is 43.3 Å². The molecule has 0 spiro atoms. The second-order valence-electron chi connectivity index (χ2n) is 51.9. The van der Waals surface area contributed by atoms with Crippen LogP contribution in [0.4, 0.5) is 4.79 Å². The maximum absolute atomic E-state index is 11.7. The molecule has 10 rings (SSSR count). The molecule has 0 aromatic rings. The molecule has 10 saturated heterocycles. The number of carbonyl (C=O) groups excluding carboxylic acids is 6. The van der Waals surface area contributed by atoms with Crippen molar-refractivity contribution in [3.8, 4) is 0 Å². The molecule has 0 radical (unpaired) electrons. The first-order valence-electron chi connectivity index (χ1n) is 56.6. The van der Waals surface area contributed by atoms with E-state index in [9.17, 15) is 37.2 Å². The standard InChI is InChI=1S/C13H25NO2.2C13H25NO.C13H25N.2C12H23NO.C11H21NO.C11H23N.C11H22O.C10H20O2S/c1-6-16-13(15)14-7-11(9(2)3)12(8-14)10(4)5;2*1-9(2)12-7-6-8-14(11(5)15)13(12)10(3)4;1-9(2)12-7-8-14(11(5)6)13(12)10(3)4;1-8(2)11-6-13(10(5)14)7-12(11)9(3)4;1-8(2)11-6-7-13(10(5)14)12(11)9(3)4;1-7(2)10-6-12(9(5)13)11(10)8(3)4;1-8(2)10-6-12(5)7-11(10)9(3)4;1-8(2)10-6-12-7-11(10,5)9(3)4;1-7(2)9-5-13(11,12)6-10(9)8(3)4/h9-12H,6-8H2,1-5H3;2*9-10,12-13H,6-8H2,1-5H3;9-10,12-13H,5,7-8H2,1-4,6H3;2*8-9,11-12H,6-7H2,1-5H3;7-8,10-11H,6H2,1-5H3;8-11H,6-7H2,1-5H3;8-10H,6-7H2,1-5H3;7-10H,5-6H2,1-4H3. The summed E-state index contributed by atoms with van der Waals surface area (Å²) in [6.07, 6.45) is 7.29. The van der Waals surface area contributed by atoms with Gasteiger partial charge in [-0.05, 0) is 266 Å². The van der Waals surface area contributed by atoms with Crippen molar-refractivity contribution >= 4 is 45.5 Å². The third-order valence-electron chi connectivity index (χ3n) is 34.9. The van der Waals surface area contributed by atoms with Gasteiger partial charge in [0.25, 0.3) is 0 Å². The van der Waals surface area contributed by atoms with Crippen LogP contribution in [0.15, 0.2) is 12.3 Å². The molecule has 20 atom stereocenters. The highest BCUT2D eigenvalue weighted by Crippen LogP contribution is 2.47. The molecule has 20 unspecified atom stereocenters. The molecule has 0 N–H and O–H groups in total. The fourth-order valence-corrected chi connectivity index (χ4v) is 28.7. The zero-order chi connectivity index (χ0) is 107. The molecule has 138 heavy (non-hydrogen) atoms. The molecule has 0 aromatic carbocycles. The second kappa shape index (κ2) is 61.6. The highest BCUT2D eigenvalue weighted by molar-refractivity contribution is 7.91. The number of hydrogen-bond donors (Lipinski definition) is 0. The van der Waals surface area contributed by atoms with E-state index < -0.39 is 9.84 Å². The highest BCUT2D eigenvalue weighted by Gasteiger charge is 2.48. The number of amides is 6. The van der Waals surface area contributed by atoms with Crippen molar-refractivity contribution in [3.05, 3.63) is 12.3 Å². The molecular formula is C119H232N8O10S. The molecule has 18 nitrogen and oxygen atoms in total.